The quantitative estimate of drug-likeness (QED) is 0.812. The van der Waals surface area contributed by atoms with E-state index >= 15 is 0 Å². The Morgan fingerprint density at radius 1 is 1.38 bits per heavy atom. The predicted molar refractivity (Wildman–Crippen MR) is 65.2 cm³/mol. The largest absolute Gasteiger partial charge is 0.493 e. The van der Waals surface area contributed by atoms with Crippen LogP contribution in [-0.4, -0.2) is 19.2 Å². The Labute approximate surface area is 103 Å². The van der Waals surface area contributed by atoms with Crippen LogP contribution in [-0.2, 0) is 0 Å². The van der Waals surface area contributed by atoms with E-state index in [1.165, 1.54) is 25.0 Å². The lowest BCUT2D eigenvalue weighted by molar-refractivity contribution is 0.306. The number of halogens is 2. The van der Waals surface area contributed by atoms with E-state index in [-0.39, 0.29) is 5.82 Å². The Kier molecular flexibility index (Phi) is 4.18. The molecule has 2 nitrogen and oxygen atoms in total. The Morgan fingerprint density at radius 3 is 2.88 bits per heavy atom. The van der Waals surface area contributed by atoms with Gasteiger partial charge in [-0.15, -0.1) is 0 Å². The van der Waals surface area contributed by atoms with Gasteiger partial charge in [-0.25, -0.2) is 4.39 Å². The lowest BCUT2D eigenvalue weighted by atomic mass is 10.3. The second-order valence-corrected chi connectivity index (χ2v) is 4.95. The van der Waals surface area contributed by atoms with Crippen LogP contribution in [0.15, 0.2) is 22.7 Å². The van der Waals surface area contributed by atoms with Crippen molar-refractivity contribution in [3.8, 4) is 5.75 Å². The molecule has 1 aliphatic rings. The van der Waals surface area contributed by atoms with Crippen molar-refractivity contribution in [1.29, 1.82) is 0 Å². The lowest BCUT2D eigenvalue weighted by Crippen LogP contribution is -2.19. The first-order valence-electron chi connectivity index (χ1n) is 5.56. The molecule has 0 amide bonds. The number of ether oxygens (including phenoxy) is 1. The van der Waals surface area contributed by atoms with E-state index in [2.05, 4.69) is 21.2 Å². The Balaban J connectivity index is 1.67. The van der Waals surface area contributed by atoms with Gasteiger partial charge >= 0.3 is 0 Å². The summed E-state index contributed by atoms with van der Waals surface area (Å²) in [4.78, 5) is 0. The van der Waals surface area contributed by atoms with Crippen LogP contribution in [0.1, 0.15) is 19.3 Å². The van der Waals surface area contributed by atoms with Crippen molar-refractivity contribution in [3.05, 3.63) is 28.5 Å². The molecule has 0 aliphatic heterocycles. The van der Waals surface area contributed by atoms with Crippen LogP contribution in [0.3, 0.4) is 0 Å². The number of hydrogen-bond donors (Lipinski definition) is 1. The highest BCUT2D eigenvalue weighted by molar-refractivity contribution is 9.10. The molecule has 1 saturated carbocycles. The van der Waals surface area contributed by atoms with Gasteiger partial charge in [0.15, 0.2) is 0 Å². The summed E-state index contributed by atoms with van der Waals surface area (Å²) in [6.45, 7) is 1.59. The van der Waals surface area contributed by atoms with E-state index in [0.717, 1.165) is 19.0 Å². The molecule has 1 aromatic rings. The molecule has 1 aliphatic carbocycles. The fourth-order valence-electron chi connectivity index (χ4n) is 1.47. The zero-order valence-electron chi connectivity index (χ0n) is 9.01. The molecule has 16 heavy (non-hydrogen) atoms. The van der Waals surface area contributed by atoms with Gasteiger partial charge in [0.05, 0.1) is 6.61 Å². The van der Waals surface area contributed by atoms with Gasteiger partial charge in [-0.1, -0.05) is 15.9 Å². The third-order valence-electron chi connectivity index (χ3n) is 2.44. The summed E-state index contributed by atoms with van der Waals surface area (Å²) in [5.41, 5.74) is 0. The monoisotopic (exact) mass is 287 g/mol. The van der Waals surface area contributed by atoms with Gasteiger partial charge in [0, 0.05) is 16.6 Å². The van der Waals surface area contributed by atoms with Gasteiger partial charge < -0.3 is 10.1 Å². The third-order valence-corrected chi connectivity index (χ3v) is 2.89. The molecule has 0 atom stereocenters. The minimum Gasteiger partial charge on any atom is -0.493 e. The maximum Gasteiger partial charge on any atom is 0.128 e. The molecule has 0 unspecified atom stereocenters. The van der Waals surface area contributed by atoms with Gasteiger partial charge in [0.2, 0.25) is 0 Å². The minimum absolute atomic E-state index is 0.277. The number of benzene rings is 1. The molecule has 0 spiro atoms. The van der Waals surface area contributed by atoms with Gasteiger partial charge in [-0.05, 0) is 37.9 Å². The topological polar surface area (TPSA) is 21.3 Å². The molecule has 1 aromatic carbocycles. The number of nitrogens with one attached hydrogen (secondary N) is 1. The van der Waals surface area contributed by atoms with E-state index in [0.29, 0.717) is 16.8 Å². The van der Waals surface area contributed by atoms with Crippen LogP contribution in [0.2, 0.25) is 0 Å². The fourth-order valence-corrected chi connectivity index (χ4v) is 1.91. The predicted octanol–water partition coefficient (Wildman–Crippen LogP) is 3.11. The van der Waals surface area contributed by atoms with Crippen LogP contribution >= 0.6 is 15.9 Å². The first-order valence-corrected chi connectivity index (χ1v) is 6.35. The Morgan fingerprint density at radius 2 is 2.19 bits per heavy atom. The highest BCUT2D eigenvalue weighted by Gasteiger charge is 2.19. The second-order valence-electron chi connectivity index (χ2n) is 4.04. The van der Waals surface area contributed by atoms with Gasteiger partial charge in [-0.3, -0.25) is 0 Å². The number of hydrogen-bond acceptors (Lipinski definition) is 2. The first-order chi connectivity index (χ1) is 7.74. The summed E-state index contributed by atoms with van der Waals surface area (Å²) in [5, 5.41) is 3.40. The molecule has 0 saturated heterocycles. The summed E-state index contributed by atoms with van der Waals surface area (Å²) >= 11 is 3.23. The van der Waals surface area contributed by atoms with E-state index in [4.69, 9.17) is 4.74 Å². The van der Waals surface area contributed by atoms with E-state index in [1.807, 2.05) is 0 Å². The number of rotatable bonds is 6. The summed E-state index contributed by atoms with van der Waals surface area (Å²) in [5.74, 6) is 0.304. The Bertz CT molecular complexity index is 335. The molecule has 1 fully saturated rings. The summed E-state index contributed by atoms with van der Waals surface area (Å²) in [7, 11) is 0. The second kappa shape index (κ2) is 5.64. The smallest absolute Gasteiger partial charge is 0.128 e. The van der Waals surface area contributed by atoms with Crippen molar-refractivity contribution in [2.45, 2.75) is 25.3 Å². The van der Waals surface area contributed by atoms with Crippen LogP contribution in [0, 0.1) is 5.82 Å². The SMILES string of the molecule is Fc1cc(Br)cc(OCCCNC2CC2)c1. The standard InChI is InChI=1S/C12H15BrFNO/c13-9-6-10(14)8-12(7-9)16-5-1-4-15-11-2-3-11/h6-8,11,15H,1-5H2. The average molecular weight is 288 g/mol. The van der Waals surface area contributed by atoms with Crippen molar-refractivity contribution >= 4 is 15.9 Å². The molecule has 88 valence electrons. The summed E-state index contributed by atoms with van der Waals surface area (Å²) in [6.07, 6.45) is 3.56. The molecule has 4 heteroatoms. The molecule has 0 aromatic heterocycles. The zero-order valence-corrected chi connectivity index (χ0v) is 10.6. The fraction of sp³-hybridized carbons (Fsp3) is 0.500. The highest BCUT2D eigenvalue weighted by Crippen LogP contribution is 2.21. The van der Waals surface area contributed by atoms with Crippen LogP contribution in [0.4, 0.5) is 4.39 Å². The minimum atomic E-state index is -0.277. The molecule has 1 N–H and O–H groups in total. The third kappa shape index (κ3) is 4.10. The Hall–Kier alpha value is -0.610. The lowest BCUT2D eigenvalue weighted by Gasteiger charge is -2.07. The van der Waals surface area contributed by atoms with E-state index in [1.54, 1.807) is 6.07 Å². The molecule has 2 rings (SSSR count). The van der Waals surface area contributed by atoms with Crippen molar-refractivity contribution < 1.29 is 9.13 Å². The molecular weight excluding hydrogens is 273 g/mol. The first kappa shape index (κ1) is 11.9. The molecular formula is C12H15BrFNO. The average Bonchev–Trinajstić information content (AvgIpc) is 2.99. The summed E-state index contributed by atoms with van der Waals surface area (Å²) < 4.78 is 19.2. The highest BCUT2D eigenvalue weighted by atomic mass is 79.9. The van der Waals surface area contributed by atoms with Crippen molar-refractivity contribution in [2.24, 2.45) is 0 Å². The van der Waals surface area contributed by atoms with Crippen molar-refractivity contribution in [3.63, 3.8) is 0 Å². The van der Waals surface area contributed by atoms with E-state index < -0.39 is 0 Å². The maximum absolute atomic E-state index is 13.0. The summed E-state index contributed by atoms with van der Waals surface area (Å²) in [6, 6.07) is 5.33. The molecule has 0 bridgehead atoms. The van der Waals surface area contributed by atoms with E-state index in [9.17, 15) is 4.39 Å². The van der Waals surface area contributed by atoms with Crippen LogP contribution in [0.25, 0.3) is 0 Å². The molecule has 0 heterocycles. The van der Waals surface area contributed by atoms with Gasteiger partial charge in [-0.2, -0.15) is 0 Å². The van der Waals surface area contributed by atoms with Crippen molar-refractivity contribution in [1.82, 2.24) is 5.32 Å². The van der Waals surface area contributed by atoms with Gasteiger partial charge in [0.25, 0.3) is 0 Å². The van der Waals surface area contributed by atoms with Crippen LogP contribution < -0.4 is 10.1 Å². The van der Waals surface area contributed by atoms with Crippen LogP contribution in [0.5, 0.6) is 5.75 Å². The van der Waals surface area contributed by atoms with Gasteiger partial charge in [0.1, 0.15) is 11.6 Å². The van der Waals surface area contributed by atoms with Crippen molar-refractivity contribution in [2.75, 3.05) is 13.2 Å². The zero-order chi connectivity index (χ0) is 11.4. The maximum atomic E-state index is 13.0. The molecule has 0 radical (unpaired) electrons. The normalized spacial score (nSPS) is 15.1.